The monoisotopic (exact) mass is 375 g/mol. The summed E-state index contributed by atoms with van der Waals surface area (Å²) in [5.74, 6) is 0.00919. The topological polar surface area (TPSA) is 64.7 Å². The molecule has 6 nitrogen and oxygen atoms in total. The van der Waals surface area contributed by atoms with Gasteiger partial charge in [0.2, 0.25) is 5.91 Å². The molecule has 2 aromatic heterocycles. The summed E-state index contributed by atoms with van der Waals surface area (Å²) >= 11 is 6.10. The van der Waals surface area contributed by atoms with Crippen molar-refractivity contribution in [3.05, 3.63) is 64.3 Å². The van der Waals surface area contributed by atoms with Crippen LogP contribution < -0.4 is 5.32 Å². The number of amides is 1. The fraction of sp³-hybridized carbons (Fsp3) is 0.278. The number of carbonyl (C=O) groups excluding carboxylic acids is 1. The Balaban J connectivity index is 1.55. The van der Waals surface area contributed by atoms with Crippen molar-refractivity contribution in [1.29, 1.82) is 0 Å². The first-order valence-electron chi connectivity index (χ1n) is 8.19. The molecule has 136 valence electrons. The van der Waals surface area contributed by atoms with Gasteiger partial charge in [-0.25, -0.2) is 4.39 Å². The van der Waals surface area contributed by atoms with Crippen LogP contribution in [0.5, 0.6) is 0 Å². The number of hydrogen-bond donors (Lipinski definition) is 1. The molecule has 1 aromatic carbocycles. The number of halogens is 2. The molecule has 0 saturated heterocycles. The molecule has 0 saturated carbocycles. The van der Waals surface area contributed by atoms with E-state index in [0.29, 0.717) is 23.9 Å². The van der Waals surface area contributed by atoms with Crippen LogP contribution in [0.15, 0.2) is 36.5 Å². The van der Waals surface area contributed by atoms with Crippen LogP contribution >= 0.6 is 11.6 Å². The Morgan fingerprint density at radius 3 is 2.77 bits per heavy atom. The second kappa shape index (κ2) is 7.70. The smallest absolute Gasteiger partial charge is 0.227 e. The number of anilines is 1. The van der Waals surface area contributed by atoms with E-state index in [9.17, 15) is 9.18 Å². The zero-order valence-electron chi connectivity index (χ0n) is 14.5. The van der Waals surface area contributed by atoms with Crippen molar-refractivity contribution in [3.8, 4) is 0 Å². The fourth-order valence-electron chi connectivity index (χ4n) is 2.64. The molecule has 2 heterocycles. The van der Waals surface area contributed by atoms with Crippen molar-refractivity contribution in [2.24, 2.45) is 0 Å². The number of aryl methyl sites for hydroxylation is 2. The summed E-state index contributed by atoms with van der Waals surface area (Å²) in [6.07, 6.45) is 2.00. The van der Waals surface area contributed by atoms with E-state index in [1.807, 2.05) is 19.9 Å². The quantitative estimate of drug-likeness (QED) is 0.716. The lowest BCUT2D eigenvalue weighted by atomic mass is 10.2. The molecule has 0 atom stereocenters. The predicted octanol–water partition coefficient (Wildman–Crippen LogP) is 3.57. The van der Waals surface area contributed by atoms with Gasteiger partial charge in [-0.1, -0.05) is 23.7 Å². The van der Waals surface area contributed by atoms with Gasteiger partial charge in [-0.2, -0.15) is 10.2 Å². The van der Waals surface area contributed by atoms with Crippen LogP contribution in [0.2, 0.25) is 5.02 Å². The van der Waals surface area contributed by atoms with Crippen LogP contribution in [-0.2, 0) is 17.9 Å². The molecular formula is C18H19ClFN5O. The second-order valence-electron chi connectivity index (χ2n) is 6.03. The lowest BCUT2D eigenvalue weighted by Gasteiger charge is -2.05. The molecule has 0 spiro atoms. The van der Waals surface area contributed by atoms with Crippen molar-refractivity contribution in [1.82, 2.24) is 19.6 Å². The maximum absolute atomic E-state index is 13.2. The minimum atomic E-state index is -0.285. The largest absolute Gasteiger partial charge is 0.309 e. The third kappa shape index (κ3) is 4.29. The Morgan fingerprint density at radius 1 is 1.27 bits per heavy atom. The summed E-state index contributed by atoms with van der Waals surface area (Å²) in [5, 5.41) is 12.0. The van der Waals surface area contributed by atoms with E-state index >= 15 is 0 Å². The molecule has 0 aliphatic heterocycles. The molecule has 26 heavy (non-hydrogen) atoms. The summed E-state index contributed by atoms with van der Waals surface area (Å²) in [7, 11) is 0. The summed E-state index contributed by atoms with van der Waals surface area (Å²) < 4.78 is 16.6. The molecule has 0 bridgehead atoms. The lowest BCUT2D eigenvalue weighted by Crippen LogP contribution is -2.16. The highest BCUT2D eigenvalue weighted by Gasteiger charge is 2.11. The molecule has 3 rings (SSSR count). The summed E-state index contributed by atoms with van der Waals surface area (Å²) in [5.41, 5.74) is 2.39. The summed E-state index contributed by atoms with van der Waals surface area (Å²) in [6.45, 7) is 4.57. The molecule has 1 N–H and O–H groups in total. The van der Waals surface area contributed by atoms with Gasteiger partial charge in [0, 0.05) is 18.7 Å². The van der Waals surface area contributed by atoms with Gasteiger partial charge in [0.1, 0.15) is 5.82 Å². The molecule has 0 aliphatic carbocycles. The first-order chi connectivity index (χ1) is 12.4. The number of nitrogens with zero attached hydrogens (tertiary/aromatic N) is 4. The first kappa shape index (κ1) is 18.1. The van der Waals surface area contributed by atoms with E-state index in [1.165, 1.54) is 12.1 Å². The van der Waals surface area contributed by atoms with Gasteiger partial charge < -0.3 is 5.32 Å². The number of carbonyl (C=O) groups is 1. The Hall–Kier alpha value is -2.67. The second-order valence-corrected chi connectivity index (χ2v) is 6.41. The molecule has 8 heteroatoms. The van der Waals surface area contributed by atoms with E-state index in [-0.39, 0.29) is 18.1 Å². The highest BCUT2D eigenvalue weighted by atomic mass is 35.5. The number of aromatic nitrogens is 4. The maximum Gasteiger partial charge on any atom is 0.227 e. The van der Waals surface area contributed by atoms with Crippen LogP contribution in [0.4, 0.5) is 10.2 Å². The van der Waals surface area contributed by atoms with Crippen LogP contribution in [0.1, 0.15) is 23.4 Å². The highest BCUT2D eigenvalue weighted by Crippen LogP contribution is 2.19. The van der Waals surface area contributed by atoms with Gasteiger partial charge in [0.25, 0.3) is 0 Å². The van der Waals surface area contributed by atoms with Crippen molar-refractivity contribution in [3.63, 3.8) is 0 Å². The van der Waals surface area contributed by atoms with Gasteiger partial charge >= 0.3 is 0 Å². The van der Waals surface area contributed by atoms with E-state index in [1.54, 1.807) is 27.7 Å². The molecule has 3 aromatic rings. The fourth-order valence-corrected chi connectivity index (χ4v) is 2.78. The van der Waals surface area contributed by atoms with Crippen molar-refractivity contribution in [2.45, 2.75) is 33.4 Å². The van der Waals surface area contributed by atoms with E-state index in [4.69, 9.17) is 11.6 Å². The minimum absolute atomic E-state index is 0.162. The van der Waals surface area contributed by atoms with Crippen LogP contribution in [0.25, 0.3) is 0 Å². The normalized spacial score (nSPS) is 10.9. The third-order valence-corrected chi connectivity index (χ3v) is 4.53. The minimum Gasteiger partial charge on any atom is -0.309 e. The lowest BCUT2D eigenvalue weighted by molar-refractivity contribution is -0.116. The van der Waals surface area contributed by atoms with Crippen LogP contribution in [0, 0.1) is 19.7 Å². The molecular weight excluding hydrogens is 357 g/mol. The molecule has 0 radical (unpaired) electrons. The average molecular weight is 376 g/mol. The molecule has 0 unspecified atom stereocenters. The SMILES string of the molecule is Cc1nn(CCC(=O)Nc2ccn(Cc3cccc(F)c3)n2)c(C)c1Cl. The highest BCUT2D eigenvalue weighted by molar-refractivity contribution is 6.31. The number of rotatable bonds is 6. The van der Waals surface area contributed by atoms with Gasteiger partial charge in [0.05, 0.1) is 29.5 Å². The zero-order valence-corrected chi connectivity index (χ0v) is 15.3. The van der Waals surface area contributed by atoms with Gasteiger partial charge in [-0.3, -0.25) is 14.2 Å². The summed E-state index contributed by atoms with van der Waals surface area (Å²) in [6, 6.07) is 8.04. The average Bonchev–Trinajstić information content (AvgIpc) is 3.12. The molecule has 1 amide bonds. The van der Waals surface area contributed by atoms with Gasteiger partial charge in [-0.15, -0.1) is 0 Å². The Kier molecular flexibility index (Phi) is 5.37. The predicted molar refractivity (Wildman–Crippen MR) is 97.7 cm³/mol. The number of hydrogen-bond acceptors (Lipinski definition) is 3. The van der Waals surface area contributed by atoms with Crippen molar-refractivity contribution < 1.29 is 9.18 Å². The van der Waals surface area contributed by atoms with Gasteiger partial charge in [0.15, 0.2) is 5.82 Å². The summed E-state index contributed by atoms with van der Waals surface area (Å²) in [4.78, 5) is 12.1. The standard InChI is InChI=1S/C18H19ClFN5O/c1-12-18(19)13(2)25(22-12)9-7-17(26)21-16-6-8-24(23-16)11-14-4-3-5-15(20)10-14/h3-6,8,10H,7,9,11H2,1-2H3,(H,21,23,26). The van der Waals surface area contributed by atoms with Crippen molar-refractivity contribution >= 4 is 23.3 Å². The molecule has 0 fully saturated rings. The Labute approximate surface area is 155 Å². The zero-order chi connectivity index (χ0) is 18.7. The van der Waals surface area contributed by atoms with E-state index in [2.05, 4.69) is 15.5 Å². The molecule has 0 aliphatic rings. The Bertz CT molecular complexity index is 934. The number of nitrogens with one attached hydrogen (secondary N) is 1. The van der Waals surface area contributed by atoms with Crippen LogP contribution in [-0.4, -0.2) is 25.5 Å². The van der Waals surface area contributed by atoms with E-state index < -0.39 is 0 Å². The van der Waals surface area contributed by atoms with Crippen LogP contribution in [0.3, 0.4) is 0 Å². The maximum atomic E-state index is 13.2. The first-order valence-corrected chi connectivity index (χ1v) is 8.57. The van der Waals surface area contributed by atoms with E-state index in [0.717, 1.165) is 17.0 Å². The van der Waals surface area contributed by atoms with Gasteiger partial charge in [-0.05, 0) is 31.5 Å². The Morgan fingerprint density at radius 2 is 2.08 bits per heavy atom. The van der Waals surface area contributed by atoms with Crippen molar-refractivity contribution in [2.75, 3.05) is 5.32 Å². The number of benzene rings is 1. The third-order valence-electron chi connectivity index (χ3n) is 3.99.